The number of methoxy groups -OCH3 is 3. The monoisotopic (exact) mass is 273 g/mol. The summed E-state index contributed by atoms with van der Waals surface area (Å²) >= 11 is 0. The number of likely N-dealkylation sites (tertiary alicyclic amines) is 1. The summed E-state index contributed by atoms with van der Waals surface area (Å²) < 4.78 is 14.6. The Morgan fingerprint density at radius 3 is 2.32 bits per heavy atom. The lowest BCUT2D eigenvalue weighted by atomic mass is 10.1. The van der Waals surface area contributed by atoms with Crippen molar-refractivity contribution >= 4 is 17.8 Å². The van der Waals surface area contributed by atoms with Crippen molar-refractivity contribution in [2.75, 3.05) is 21.3 Å². The molecule has 19 heavy (non-hydrogen) atoms. The summed E-state index contributed by atoms with van der Waals surface area (Å²) in [6, 6.07) is -0.846. The number of carbonyl (C=O) groups is 3. The maximum atomic E-state index is 12.3. The van der Waals surface area contributed by atoms with Crippen molar-refractivity contribution in [1.82, 2.24) is 4.90 Å². The van der Waals surface area contributed by atoms with Gasteiger partial charge in [-0.1, -0.05) is 0 Å². The van der Waals surface area contributed by atoms with E-state index in [2.05, 4.69) is 4.74 Å². The van der Waals surface area contributed by atoms with Gasteiger partial charge in [-0.2, -0.15) is 0 Å². The summed E-state index contributed by atoms with van der Waals surface area (Å²) in [7, 11) is 4.04. The van der Waals surface area contributed by atoms with Crippen LogP contribution in [0.25, 0.3) is 0 Å². The molecule has 0 aromatic rings. The second kappa shape index (κ2) is 6.63. The third kappa shape index (κ3) is 3.10. The minimum absolute atomic E-state index is 0.156. The number of imide groups is 1. The smallest absolute Gasteiger partial charge is 0.329 e. The lowest BCUT2D eigenvalue weighted by Gasteiger charge is -2.27. The summed E-state index contributed by atoms with van der Waals surface area (Å²) in [6.45, 7) is 1.58. The summed E-state index contributed by atoms with van der Waals surface area (Å²) in [4.78, 5) is 36.6. The first kappa shape index (κ1) is 15.6. The van der Waals surface area contributed by atoms with Gasteiger partial charge in [0, 0.05) is 20.6 Å². The standard InChI is InChI=1S/C12H19NO6/c1-7(12(18-3)19-4)10(15)13-8(11(16)17-2)5-6-9(13)14/h7-8,12H,5-6H2,1-4H3/t7-,8+/m1/s1. The Kier molecular flexibility index (Phi) is 5.44. The zero-order valence-corrected chi connectivity index (χ0v) is 11.5. The molecule has 1 fully saturated rings. The molecule has 7 nitrogen and oxygen atoms in total. The molecule has 0 saturated carbocycles. The van der Waals surface area contributed by atoms with E-state index in [1.54, 1.807) is 6.92 Å². The molecular formula is C12H19NO6. The summed E-state index contributed by atoms with van der Waals surface area (Å²) in [5, 5.41) is 0. The average Bonchev–Trinajstić information content (AvgIpc) is 2.80. The molecule has 1 aliphatic rings. The average molecular weight is 273 g/mol. The Morgan fingerprint density at radius 2 is 1.84 bits per heavy atom. The van der Waals surface area contributed by atoms with E-state index >= 15 is 0 Å². The minimum Gasteiger partial charge on any atom is -0.467 e. The van der Waals surface area contributed by atoms with Gasteiger partial charge < -0.3 is 14.2 Å². The van der Waals surface area contributed by atoms with E-state index in [0.29, 0.717) is 0 Å². The van der Waals surface area contributed by atoms with Crippen LogP contribution in [0.15, 0.2) is 0 Å². The van der Waals surface area contributed by atoms with Crippen LogP contribution < -0.4 is 0 Å². The maximum Gasteiger partial charge on any atom is 0.329 e. The van der Waals surface area contributed by atoms with Gasteiger partial charge >= 0.3 is 5.97 Å². The lowest BCUT2D eigenvalue weighted by Crippen LogP contribution is -2.48. The predicted octanol–water partition coefficient (Wildman–Crippen LogP) is -0.0680. The molecule has 0 N–H and O–H groups in total. The molecule has 2 atom stereocenters. The third-order valence-electron chi connectivity index (χ3n) is 3.19. The van der Waals surface area contributed by atoms with Gasteiger partial charge in [0.15, 0.2) is 6.29 Å². The molecule has 0 aliphatic carbocycles. The molecule has 0 aromatic heterocycles. The molecular weight excluding hydrogens is 254 g/mol. The molecule has 1 aliphatic heterocycles. The van der Waals surface area contributed by atoms with Gasteiger partial charge in [-0.3, -0.25) is 14.5 Å². The van der Waals surface area contributed by atoms with E-state index in [-0.39, 0.29) is 18.7 Å². The molecule has 0 unspecified atom stereocenters. The van der Waals surface area contributed by atoms with Crippen molar-refractivity contribution in [1.29, 1.82) is 0 Å². The fourth-order valence-electron chi connectivity index (χ4n) is 2.16. The predicted molar refractivity (Wildman–Crippen MR) is 63.9 cm³/mol. The highest BCUT2D eigenvalue weighted by Crippen LogP contribution is 2.24. The van der Waals surface area contributed by atoms with Crippen LogP contribution in [0.5, 0.6) is 0 Å². The maximum absolute atomic E-state index is 12.3. The van der Waals surface area contributed by atoms with Gasteiger partial charge in [-0.25, -0.2) is 4.79 Å². The van der Waals surface area contributed by atoms with Gasteiger partial charge in [0.2, 0.25) is 11.8 Å². The van der Waals surface area contributed by atoms with Gasteiger partial charge in [-0.05, 0) is 13.3 Å². The summed E-state index contributed by atoms with van der Waals surface area (Å²) in [5.74, 6) is -2.15. The highest BCUT2D eigenvalue weighted by molar-refractivity contribution is 6.02. The Labute approximate surface area is 111 Å². The van der Waals surface area contributed by atoms with Crippen LogP contribution in [-0.2, 0) is 28.6 Å². The zero-order valence-electron chi connectivity index (χ0n) is 11.5. The van der Waals surface area contributed by atoms with Crippen LogP contribution in [0.4, 0.5) is 0 Å². The van der Waals surface area contributed by atoms with E-state index in [0.717, 1.165) is 4.90 Å². The molecule has 0 bridgehead atoms. The highest BCUT2D eigenvalue weighted by Gasteiger charge is 2.43. The van der Waals surface area contributed by atoms with Crippen LogP contribution in [0.1, 0.15) is 19.8 Å². The Hall–Kier alpha value is -1.47. The lowest BCUT2D eigenvalue weighted by molar-refractivity contribution is -0.171. The second-order valence-corrected chi connectivity index (χ2v) is 4.31. The largest absolute Gasteiger partial charge is 0.467 e. The van der Waals surface area contributed by atoms with Crippen LogP contribution in [0.2, 0.25) is 0 Å². The molecule has 0 spiro atoms. The van der Waals surface area contributed by atoms with Crippen molar-refractivity contribution in [3.8, 4) is 0 Å². The van der Waals surface area contributed by atoms with Gasteiger partial charge in [-0.15, -0.1) is 0 Å². The molecule has 108 valence electrons. The molecule has 0 radical (unpaired) electrons. The van der Waals surface area contributed by atoms with E-state index in [1.165, 1.54) is 21.3 Å². The first-order chi connectivity index (χ1) is 8.97. The van der Waals surface area contributed by atoms with Crippen molar-refractivity contribution in [2.45, 2.75) is 32.1 Å². The van der Waals surface area contributed by atoms with Crippen LogP contribution in [-0.4, -0.2) is 56.3 Å². The van der Waals surface area contributed by atoms with Crippen molar-refractivity contribution in [3.05, 3.63) is 0 Å². The third-order valence-corrected chi connectivity index (χ3v) is 3.19. The molecule has 7 heteroatoms. The Morgan fingerprint density at radius 1 is 1.26 bits per heavy atom. The number of esters is 1. The van der Waals surface area contributed by atoms with E-state index in [4.69, 9.17) is 9.47 Å². The highest BCUT2D eigenvalue weighted by atomic mass is 16.7. The Bertz CT molecular complexity index is 365. The number of hydrogen-bond donors (Lipinski definition) is 0. The minimum atomic E-state index is -0.846. The van der Waals surface area contributed by atoms with Crippen molar-refractivity contribution in [2.24, 2.45) is 5.92 Å². The molecule has 2 amide bonds. The number of hydrogen-bond acceptors (Lipinski definition) is 6. The molecule has 1 heterocycles. The molecule has 1 saturated heterocycles. The first-order valence-electron chi connectivity index (χ1n) is 5.97. The number of nitrogens with zero attached hydrogens (tertiary/aromatic N) is 1. The second-order valence-electron chi connectivity index (χ2n) is 4.31. The van der Waals surface area contributed by atoms with Crippen LogP contribution >= 0.6 is 0 Å². The van der Waals surface area contributed by atoms with E-state index in [9.17, 15) is 14.4 Å². The van der Waals surface area contributed by atoms with E-state index < -0.39 is 30.1 Å². The van der Waals surface area contributed by atoms with Gasteiger partial charge in [0.05, 0.1) is 13.0 Å². The molecule has 0 aromatic carbocycles. The van der Waals surface area contributed by atoms with Crippen LogP contribution in [0, 0.1) is 5.92 Å². The topological polar surface area (TPSA) is 82.1 Å². The number of ether oxygens (including phenoxy) is 3. The first-order valence-corrected chi connectivity index (χ1v) is 5.97. The van der Waals surface area contributed by atoms with Crippen molar-refractivity contribution in [3.63, 3.8) is 0 Å². The van der Waals surface area contributed by atoms with E-state index in [1.807, 2.05) is 0 Å². The fourth-order valence-corrected chi connectivity index (χ4v) is 2.16. The van der Waals surface area contributed by atoms with Crippen LogP contribution in [0.3, 0.4) is 0 Å². The number of amides is 2. The zero-order chi connectivity index (χ0) is 14.6. The normalized spacial score (nSPS) is 20.8. The van der Waals surface area contributed by atoms with Crippen molar-refractivity contribution < 1.29 is 28.6 Å². The summed E-state index contributed by atoms with van der Waals surface area (Å²) in [6.07, 6.45) is -0.323. The number of carbonyl (C=O) groups excluding carboxylic acids is 3. The SMILES string of the molecule is COC(=O)[C@@H]1CCC(=O)N1C(=O)[C@@H](C)C(OC)OC. The molecule has 1 rings (SSSR count). The quantitative estimate of drug-likeness (QED) is 0.515. The Balaban J connectivity index is 2.88. The van der Waals surface area contributed by atoms with Gasteiger partial charge in [0.1, 0.15) is 6.04 Å². The van der Waals surface area contributed by atoms with Gasteiger partial charge in [0.25, 0.3) is 0 Å². The summed E-state index contributed by atoms with van der Waals surface area (Å²) in [5.41, 5.74) is 0. The fraction of sp³-hybridized carbons (Fsp3) is 0.750. The number of rotatable bonds is 5.